The van der Waals surface area contributed by atoms with E-state index in [0.717, 1.165) is 17.7 Å². The fourth-order valence-corrected chi connectivity index (χ4v) is 6.19. The molecule has 4 rings (SSSR count). The lowest BCUT2D eigenvalue weighted by molar-refractivity contribution is 0.102. The van der Waals surface area contributed by atoms with Crippen molar-refractivity contribution in [1.29, 1.82) is 0 Å². The van der Waals surface area contributed by atoms with Crippen molar-refractivity contribution in [1.82, 2.24) is 14.1 Å². The van der Waals surface area contributed by atoms with Crippen LogP contribution < -0.4 is 5.32 Å². The zero-order valence-electron chi connectivity index (χ0n) is 19.2. The number of aromatic nitrogens is 2. The Hall–Kier alpha value is -2.97. The van der Waals surface area contributed by atoms with E-state index in [1.54, 1.807) is 33.3 Å². The van der Waals surface area contributed by atoms with Gasteiger partial charge < -0.3 is 5.32 Å². The molecule has 1 N–H and O–H groups in total. The summed E-state index contributed by atoms with van der Waals surface area (Å²) in [6.45, 7) is 7.53. The summed E-state index contributed by atoms with van der Waals surface area (Å²) < 4.78 is 29.8. The van der Waals surface area contributed by atoms with Crippen molar-refractivity contribution in [2.24, 2.45) is 11.8 Å². The monoisotopic (exact) mass is 466 g/mol. The highest BCUT2D eigenvalue weighted by molar-refractivity contribution is 7.89. The fraction of sp³-hybridized carbons (Fsp3) is 0.360. The first-order valence-electron chi connectivity index (χ1n) is 11.2. The lowest BCUT2D eigenvalue weighted by Crippen LogP contribution is -2.42. The molecule has 2 unspecified atom stereocenters. The van der Waals surface area contributed by atoms with E-state index in [0.29, 0.717) is 42.9 Å². The number of hydrogen-bond donors (Lipinski definition) is 1. The number of benzene rings is 2. The van der Waals surface area contributed by atoms with Crippen LogP contribution >= 0.6 is 0 Å². The summed E-state index contributed by atoms with van der Waals surface area (Å²) >= 11 is 0. The number of carbonyl (C=O) groups is 1. The molecule has 0 saturated carbocycles. The van der Waals surface area contributed by atoms with Crippen LogP contribution in [0.5, 0.6) is 0 Å². The van der Waals surface area contributed by atoms with Gasteiger partial charge in [-0.1, -0.05) is 50.2 Å². The second kappa shape index (κ2) is 9.49. The summed E-state index contributed by atoms with van der Waals surface area (Å²) in [4.78, 5) is 13.2. The third-order valence-electron chi connectivity index (χ3n) is 5.89. The number of piperidine rings is 1. The molecule has 1 amide bonds. The zero-order valence-corrected chi connectivity index (χ0v) is 20.0. The fourth-order valence-electron chi connectivity index (χ4n) is 4.46. The van der Waals surface area contributed by atoms with Crippen LogP contribution in [0.4, 0.5) is 5.82 Å². The minimum Gasteiger partial charge on any atom is -0.307 e. The molecule has 2 heterocycles. The molecular weight excluding hydrogens is 436 g/mol. The molecule has 1 aliphatic heterocycles. The Balaban J connectivity index is 1.54. The lowest BCUT2D eigenvalue weighted by Gasteiger charge is -2.34. The molecule has 1 aromatic heterocycles. The van der Waals surface area contributed by atoms with Crippen LogP contribution in [0.2, 0.25) is 0 Å². The second-order valence-corrected chi connectivity index (χ2v) is 11.0. The molecule has 33 heavy (non-hydrogen) atoms. The predicted octanol–water partition coefficient (Wildman–Crippen LogP) is 4.16. The number of sulfonamides is 1. The molecule has 2 aromatic carbocycles. The number of nitrogens with one attached hydrogen (secondary N) is 1. The third-order valence-corrected chi connectivity index (χ3v) is 7.72. The van der Waals surface area contributed by atoms with E-state index in [2.05, 4.69) is 24.3 Å². The van der Waals surface area contributed by atoms with Gasteiger partial charge in [-0.2, -0.15) is 9.40 Å². The van der Waals surface area contributed by atoms with Gasteiger partial charge >= 0.3 is 0 Å². The van der Waals surface area contributed by atoms with E-state index < -0.39 is 10.0 Å². The first-order chi connectivity index (χ1) is 15.7. The van der Waals surface area contributed by atoms with E-state index in [-0.39, 0.29) is 10.8 Å². The largest absolute Gasteiger partial charge is 0.307 e. The highest BCUT2D eigenvalue weighted by atomic mass is 32.2. The molecule has 8 heteroatoms. The van der Waals surface area contributed by atoms with Crippen molar-refractivity contribution >= 4 is 21.7 Å². The van der Waals surface area contributed by atoms with Crippen molar-refractivity contribution in [3.8, 4) is 0 Å². The summed E-state index contributed by atoms with van der Waals surface area (Å²) in [5, 5.41) is 7.38. The molecule has 2 atom stereocenters. The second-order valence-electron chi connectivity index (χ2n) is 9.06. The number of rotatable bonds is 6. The molecular formula is C25H30N4O3S. The van der Waals surface area contributed by atoms with E-state index in [4.69, 9.17) is 0 Å². The van der Waals surface area contributed by atoms with Crippen LogP contribution in [0.15, 0.2) is 65.6 Å². The Kier molecular flexibility index (Phi) is 6.67. The Morgan fingerprint density at radius 3 is 2.42 bits per heavy atom. The van der Waals surface area contributed by atoms with E-state index in [1.165, 1.54) is 6.07 Å². The summed E-state index contributed by atoms with van der Waals surface area (Å²) in [6.07, 6.45) is 1.02. The van der Waals surface area contributed by atoms with Crippen molar-refractivity contribution in [3.63, 3.8) is 0 Å². The number of amides is 1. The highest BCUT2D eigenvalue weighted by Crippen LogP contribution is 2.27. The average molecular weight is 467 g/mol. The number of hydrogen-bond acceptors (Lipinski definition) is 4. The molecule has 174 valence electrons. The van der Waals surface area contributed by atoms with Gasteiger partial charge in [0.15, 0.2) is 0 Å². The predicted molar refractivity (Wildman–Crippen MR) is 129 cm³/mol. The Labute approximate surface area is 195 Å². The SMILES string of the molecule is Cc1cc(NC(=O)c2cccc(S(=O)(=O)N3CC(C)CC(C)C3)c2)n(Cc2ccccc2)n1. The average Bonchev–Trinajstić information content (AvgIpc) is 3.12. The summed E-state index contributed by atoms with van der Waals surface area (Å²) in [7, 11) is -3.67. The first kappa shape index (κ1) is 23.2. The van der Waals surface area contributed by atoms with Gasteiger partial charge in [-0.3, -0.25) is 4.79 Å². The van der Waals surface area contributed by atoms with Crippen LogP contribution in [-0.2, 0) is 16.6 Å². The smallest absolute Gasteiger partial charge is 0.256 e. The van der Waals surface area contributed by atoms with Gasteiger partial charge in [0.25, 0.3) is 5.91 Å². The highest BCUT2D eigenvalue weighted by Gasteiger charge is 2.32. The zero-order chi connectivity index (χ0) is 23.6. The van der Waals surface area contributed by atoms with Gasteiger partial charge in [0.1, 0.15) is 5.82 Å². The molecule has 0 radical (unpaired) electrons. The van der Waals surface area contributed by atoms with E-state index >= 15 is 0 Å². The minimum absolute atomic E-state index is 0.144. The Bertz CT molecular complexity index is 1230. The summed E-state index contributed by atoms with van der Waals surface area (Å²) in [5.74, 6) is 0.807. The molecule has 0 spiro atoms. The lowest BCUT2D eigenvalue weighted by atomic mass is 9.94. The van der Waals surface area contributed by atoms with Gasteiger partial charge in [-0.15, -0.1) is 0 Å². The third kappa shape index (κ3) is 5.34. The van der Waals surface area contributed by atoms with Crippen LogP contribution in [0.1, 0.15) is 41.9 Å². The Morgan fingerprint density at radius 2 is 1.73 bits per heavy atom. The number of anilines is 1. The molecule has 1 fully saturated rings. The standard InChI is InChI=1S/C25H30N4O3S/c1-18-12-19(2)16-28(15-18)33(31,32)23-11-7-10-22(14-23)25(30)26-24-13-20(3)27-29(24)17-21-8-5-4-6-9-21/h4-11,13-14,18-19H,12,15-17H2,1-3H3,(H,26,30). The van der Waals surface area contributed by atoms with Crippen molar-refractivity contribution in [2.75, 3.05) is 18.4 Å². The van der Waals surface area contributed by atoms with E-state index in [1.807, 2.05) is 37.3 Å². The maximum Gasteiger partial charge on any atom is 0.256 e. The van der Waals surface area contributed by atoms with Crippen molar-refractivity contribution < 1.29 is 13.2 Å². The number of nitrogens with zero attached hydrogens (tertiary/aromatic N) is 3. The molecule has 7 nitrogen and oxygen atoms in total. The van der Waals surface area contributed by atoms with Crippen LogP contribution in [-0.4, -0.2) is 41.5 Å². The Morgan fingerprint density at radius 1 is 1.03 bits per heavy atom. The maximum atomic E-state index is 13.3. The van der Waals surface area contributed by atoms with Gasteiger partial charge in [-0.25, -0.2) is 13.1 Å². The number of carbonyl (C=O) groups excluding carboxylic acids is 1. The van der Waals surface area contributed by atoms with Crippen LogP contribution in [0.3, 0.4) is 0 Å². The quantitative estimate of drug-likeness (QED) is 0.591. The van der Waals surface area contributed by atoms with Crippen molar-refractivity contribution in [3.05, 3.63) is 77.5 Å². The normalized spacial score (nSPS) is 19.4. The van der Waals surface area contributed by atoms with Crippen molar-refractivity contribution in [2.45, 2.75) is 38.6 Å². The molecule has 0 bridgehead atoms. The van der Waals surface area contributed by atoms with Gasteiger partial charge in [0.2, 0.25) is 10.0 Å². The molecule has 0 aliphatic carbocycles. The van der Waals surface area contributed by atoms with E-state index in [9.17, 15) is 13.2 Å². The maximum absolute atomic E-state index is 13.3. The molecule has 3 aromatic rings. The minimum atomic E-state index is -3.67. The topological polar surface area (TPSA) is 84.3 Å². The van der Waals surface area contributed by atoms with Crippen LogP contribution in [0.25, 0.3) is 0 Å². The number of aryl methyl sites for hydroxylation is 1. The van der Waals surface area contributed by atoms with Gasteiger partial charge in [0.05, 0.1) is 17.1 Å². The van der Waals surface area contributed by atoms with Gasteiger partial charge in [-0.05, 0) is 48.9 Å². The van der Waals surface area contributed by atoms with Crippen LogP contribution in [0, 0.1) is 18.8 Å². The summed E-state index contributed by atoms with van der Waals surface area (Å²) in [6, 6.07) is 17.9. The molecule has 1 aliphatic rings. The molecule has 1 saturated heterocycles. The summed E-state index contributed by atoms with van der Waals surface area (Å²) in [5.41, 5.74) is 2.14. The first-order valence-corrected chi connectivity index (χ1v) is 12.7. The van der Waals surface area contributed by atoms with Gasteiger partial charge in [0, 0.05) is 24.7 Å².